The number of para-hydroxylation sites is 1. The number of aliphatic imine (C=N–C) groups is 1. The molecule has 10 nitrogen and oxygen atoms in total. The number of amides is 1. The van der Waals surface area contributed by atoms with Crippen LogP contribution in [0.1, 0.15) is 32.6 Å². The van der Waals surface area contributed by atoms with Crippen LogP contribution in [0.3, 0.4) is 0 Å². The summed E-state index contributed by atoms with van der Waals surface area (Å²) in [7, 11) is 1.96. The molecule has 4 heterocycles. The highest BCUT2D eigenvalue weighted by molar-refractivity contribution is 5.97. The molecule has 0 spiro atoms. The molecule has 1 amide bonds. The molecule has 0 aliphatic heterocycles. The van der Waals surface area contributed by atoms with Crippen molar-refractivity contribution in [2.24, 2.45) is 10.9 Å². The first-order valence-corrected chi connectivity index (χ1v) is 13.0. The molecule has 6 rings (SSSR count). The van der Waals surface area contributed by atoms with E-state index >= 15 is 0 Å². The summed E-state index contributed by atoms with van der Waals surface area (Å²) < 4.78 is 0. The number of anilines is 2. The van der Waals surface area contributed by atoms with Crippen molar-refractivity contribution in [3.05, 3.63) is 60.8 Å². The van der Waals surface area contributed by atoms with Crippen molar-refractivity contribution in [2.75, 3.05) is 17.3 Å². The second-order valence-corrected chi connectivity index (χ2v) is 9.92. The Morgan fingerprint density at radius 1 is 1.18 bits per heavy atom. The SMILES string of the molecule is C=N/C(C)=C\N(C)c1cccc2[nH]c(-c3[nH]nc4ncc(-c5cncc(NC(=O)C6CCCC6)c5)cc34)nc12. The molecule has 39 heavy (non-hydrogen) atoms. The molecule has 5 aromatic rings. The number of nitrogens with zero attached hydrogens (tertiary/aromatic N) is 6. The number of hydrogen-bond acceptors (Lipinski definition) is 7. The van der Waals surface area contributed by atoms with Gasteiger partial charge in [0.05, 0.1) is 34.2 Å². The molecule has 0 radical (unpaired) electrons. The number of allylic oxidation sites excluding steroid dienone is 1. The predicted molar refractivity (Wildman–Crippen MR) is 155 cm³/mol. The van der Waals surface area contributed by atoms with Crippen LogP contribution in [0.25, 0.3) is 44.7 Å². The number of aromatic nitrogens is 6. The van der Waals surface area contributed by atoms with Crippen molar-refractivity contribution in [1.29, 1.82) is 0 Å². The zero-order chi connectivity index (χ0) is 26.9. The van der Waals surface area contributed by atoms with E-state index in [0.29, 0.717) is 17.2 Å². The van der Waals surface area contributed by atoms with E-state index in [1.54, 1.807) is 18.6 Å². The van der Waals surface area contributed by atoms with Crippen molar-refractivity contribution in [3.8, 4) is 22.6 Å². The van der Waals surface area contributed by atoms with Gasteiger partial charge in [0.15, 0.2) is 11.5 Å². The van der Waals surface area contributed by atoms with Crippen molar-refractivity contribution in [1.82, 2.24) is 30.1 Å². The monoisotopic (exact) mass is 519 g/mol. The third-order valence-corrected chi connectivity index (χ3v) is 7.21. The summed E-state index contributed by atoms with van der Waals surface area (Å²) in [6, 6.07) is 9.93. The third-order valence-electron chi connectivity index (χ3n) is 7.21. The number of benzene rings is 1. The number of nitrogens with one attached hydrogen (secondary N) is 3. The second-order valence-electron chi connectivity index (χ2n) is 9.92. The molecular formula is C29H29N9O. The van der Waals surface area contributed by atoms with E-state index < -0.39 is 0 Å². The third kappa shape index (κ3) is 4.76. The standard InChI is InChI=1S/C29H29N9O/c1-17(30-2)16-38(3)24-10-6-9-23-26(24)35-28(34-23)25-22-12-20(14-32-27(22)37-36-25)19-11-21(15-31-13-19)33-29(39)18-7-4-5-8-18/h6,9-16,18H,2,4-5,7-8H2,1,3H3,(H,33,39)(H,34,35)(H,32,36,37)/b17-16-. The van der Waals surface area contributed by atoms with Gasteiger partial charge in [-0.2, -0.15) is 5.10 Å². The number of fused-ring (bicyclic) bond motifs is 2. The minimum atomic E-state index is 0.0680. The quantitative estimate of drug-likeness (QED) is 0.237. The lowest BCUT2D eigenvalue weighted by molar-refractivity contribution is -0.119. The zero-order valence-electron chi connectivity index (χ0n) is 21.9. The van der Waals surface area contributed by atoms with E-state index in [-0.39, 0.29) is 11.8 Å². The second kappa shape index (κ2) is 10.1. The number of carbonyl (C=O) groups is 1. The van der Waals surface area contributed by atoms with Crippen LogP contribution in [0.5, 0.6) is 0 Å². The molecule has 0 bridgehead atoms. The summed E-state index contributed by atoms with van der Waals surface area (Å²) in [5.41, 5.74) is 7.18. The fraction of sp³-hybridized carbons (Fsp3) is 0.241. The highest BCUT2D eigenvalue weighted by Gasteiger charge is 2.23. The summed E-state index contributed by atoms with van der Waals surface area (Å²) >= 11 is 0. The van der Waals surface area contributed by atoms with Crippen LogP contribution in [-0.4, -0.2) is 49.8 Å². The summed E-state index contributed by atoms with van der Waals surface area (Å²) in [6.45, 7) is 5.49. The Hall–Kier alpha value is -4.86. The van der Waals surface area contributed by atoms with Crippen molar-refractivity contribution in [2.45, 2.75) is 32.6 Å². The van der Waals surface area contributed by atoms with Gasteiger partial charge in [-0.1, -0.05) is 18.9 Å². The first kappa shape index (κ1) is 24.5. The van der Waals surface area contributed by atoms with Crippen LogP contribution < -0.4 is 10.2 Å². The molecule has 1 aromatic carbocycles. The van der Waals surface area contributed by atoms with Gasteiger partial charge in [-0.3, -0.25) is 19.9 Å². The Morgan fingerprint density at radius 3 is 2.82 bits per heavy atom. The number of H-pyrrole nitrogens is 2. The normalized spacial score (nSPS) is 14.3. The lowest BCUT2D eigenvalue weighted by Crippen LogP contribution is -2.20. The first-order valence-electron chi connectivity index (χ1n) is 13.0. The van der Waals surface area contributed by atoms with Crippen molar-refractivity contribution in [3.63, 3.8) is 0 Å². The fourth-order valence-corrected chi connectivity index (χ4v) is 5.15. The molecule has 196 valence electrons. The average molecular weight is 520 g/mol. The van der Waals surface area contributed by atoms with E-state index in [4.69, 9.17) is 4.98 Å². The fourth-order valence-electron chi connectivity index (χ4n) is 5.15. The molecule has 0 saturated heterocycles. The summed E-state index contributed by atoms with van der Waals surface area (Å²) in [4.78, 5) is 35.8. The van der Waals surface area contributed by atoms with Gasteiger partial charge in [0.25, 0.3) is 0 Å². The predicted octanol–water partition coefficient (Wildman–Crippen LogP) is 5.69. The molecular weight excluding hydrogens is 490 g/mol. The Labute approximate surface area is 225 Å². The number of carbonyl (C=O) groups excluding carboxylic acids is 1. The lowest BCUT2D eigenvalue weighted by atomic mass is 10.1. The van der Waals surface area contributed by atoms with Crippen LogP contribution in [-0.2, 0) is 4.79 Å². The van der Waals surface area contributed by atoms with E-state index in [2.05, 4.69) is 42.2 Å². The minimum absolute atomic E-state index is 0.0680. The van der Waals surface area contributed by atoms with E-state index in [9.17, 15) is 4.79 Å². The Bertz CT molecular complexity index is 1730. The number of hydrogen-bond donors (Lipinski definition) is 3. The molecule has 0 unspecified atom stereocenters. The van der Waals surface area contributed by atoms with E-state index in [1.165, 1.54) is 0 Å². The largest absolute Gasteiger partial charge is 0.347 e. The molecule has 10 heteroatoms. The molecule has 4 aromatic heterocycles. The molecule has 1 aliphatic rings. The lowest BCUT2D eigenvalue weighted by Gasteiger charge is -2.15. The molecule has 0 atom stereocenters. The topological polar surface area (TPSA) is 128 Å². The summed E-state index contributed by atoms with van der Waals surface area (Å²) in [5, 5.41) is 11.4. The number of rotatable bonds is 7. The van der Waals surface area contributed by atoms with Gasteiger partial charge in [0.1, 0.15) is 11.2 Å². The van der Waals surface area contributed by atoms with Gasteiger partial charge in [0.2, 0.25) is 5.91 Å². The zero-order valence-corrected chi connectivity index (χ0v) is 21.9. The van der Waals surface area contributed by atoms with Crippen LogP contribution in [0.2, 0.25) is 0 Å². The van der Waals surface area contributed by atoms with Crippen LogP contribution in [0.4, 0.5) is 11.4 Å². The van der Waals surface area contributed by atoms with Gasteiger partial charge < -0.3 is 15.2 Å². The van der Waals surface area contributed by atoms with Crippen molar-refractivity contribution >= 4 is 46.1 Å². The van der Waals surface area contributed by atoms with Crippen LogP contribution >= 0.6 is 0 Å². The molecule has 3 N–H and O–H groups in total. The number of pyridine rings is 2. The molecule has 1 aliphatic carbocycles. The smallest absolute Gasteiger partial charge is 0.227 e. The maximum Gasteiger partial charge on any atom is 0.227 e. The Morgan fingerprint density at radius 2 is 2.00 bits per heavy atom. The summed E-state index contributed by atoms with van der Waals surface area (Å²) in [5.74, 6) is 0.812. The van der Waals surface area contributed by atoms with E-state index in [1.807, 2.05) is 55.4 Å². The minimum Gasteiger partial charge on any atom is -0.347 e. The van der Waals surface area contributed by atoms with Crippen molar-refractivity contribution < 1.29 is 4.79 Å². The first-order chi connectivity index (χ1) is 19.0. The number of aromatic amines is 2. The van der Waals surface area contributed by atoms with Gasteiger partial charge in [-0.25, -0.2) is 9.97 Å². The van der Waals surface area contributed by atoms with Crippen LogP contribution in [0, 0.1) is 5.92 Å². The van der Waals surface area contributed by atoms with Crippen LogP contribution in [0.15, 0.2) is 65.8 Å². The molecule has 1 saturated carbocycles. The van der Waals surface area contributed by atoms with Gasteiger partial charge in [-0.05, 0) is 50.7 Å². The maximum atomic E-state index is 12.6. The highest BCUT2D eigenvalue weighted by Crippen LogP contribution is 2.32. The summed E-state index contributed by atoms with van der Waals surface area (Å²) in [6.07, 6.45) is 11.2. The average Bonchev–Trinajstić information content (AvgIpc) is 3.72. The Kier molecular flexibility index (Phi) is 6.36. The maximum absolute atomic E-state index is 12.6. The van der Waals surface area contributed by atoms with Gasteiger partial charge >= 0.3 is 0 Å². The van der Waals surface area contributed by atoms with E-state index in [0.717, 1.165) is 70.3 Å². The molecule has 1 fully saturated rings. The Balaban J connectivity index is 1.34. The highest BCUT2D eigenvalue weighted by atomic mass is 16.1. The van der Waals surface area contributed by atoms with Gasteiger partial charge in [-0.15, -0.1) is 0 Å². The number of imidazole rings is 1. The van der Waals surface area contributed by atoms with Gasteiger partial charge in [0, 0.05) is 42.7 Å².